The number of carbonyl (C=O) groups is 1. The van der Waals surface area contributed by atoms with E-state index in [1.165, 1.54) is 30.6 Å². The molecule has 0 saturated heterocycles. The summed E-state index contributed by atoms with van der Waals surface area (Å²) >= 11 is 0. The highest BCUT2D eigenvalue weighted by atomic mass is 19.4. The van der Waals surface area contributed by atoms with E-state index < -0.39 is 17.9 Å². The van der Waals surface area contributed by atoms with Gasteiger partial charge in [0.1, 0.15) is 6.10 Å². The molecule has 0 aliphatic heterocycles. The smallest absolute Gasteiger partial charge is 0.435 e. The summed E-state index contributed by atoms with van der Waals surface area (Å²) in [4.78, 5) is 12.4. The van der Waals surface area contributed by atoms with Gasteiger partial charge in [-0.2, -0.15) is 23.0 Å². The van der Waals surface area contributed by atoms with Crippen molar-refractivity contribution in [1.29, 1.82) is 0 Å². The largest absolute Gasteiger partial charge is 0.445 e. The van der Waals surface area contributed by atoms with E-state index in [0.29, 0.717) is 16.4 Å². The Morgan fingerprint density at radius 1 is 1.16 bits per heavy atom. The number of benzene rings is 2. The van der Waals surface area contributed by atoms with Crippen LogP contribution >= 0.6 is 0 Å². The molecule has 1 aliphatic carbocycles. The lowest BCUT2D eigenvalue weighted by molar-refractivity contribution is -0.247. The molecule has 2 heterocycles. The third-order valence-corrected chi connectivity index (χ3v) is 6.18. The van der Waals surface area contributed by atoms with Gasteiger partial charge in [-0.15, -0.1) is 0 Å². The summed E-state index contributed by atoms with van der Waals surface area (Å²) in [6, 6.07) is 10.3. The highest BCUT2D eigenvalue weighted by molar-refractivity contribution is 5.89. The third kappa shape index (κ3) is 2.99. The van der Waals surface area contributed by atoms with Crippen molar-refractivity contribution in [2.24, 2.45) is 7.05 Å². The molecule has 0 radical (unpaired) electrons. The number of hydrogen-bond acceptors (Lipinski definition) is 4. The molecular formula is C23H20F3N3O3. The lowest BCUT2D eigenvalue weighted by Crippen LogP contribution is -2.43. The van der Waals surface area contributed by atoms with Crippen molar-refractivity contribution in [1.82, 2.24) is 14.3 Å². The average molecular weight is 443 g/mol. The van der Waals surface area contributed by atoms with Crippen LogP contribution in [-0.4, -0.2) is 37.8 Å². The molecule has 32 heavy (non-hydrogen) atoms. The van der Waals surface area contributed by atoms with E-state index in [1.54, 1.807) is 35.9 Å². The van der Waals surface area contributed by atoms with Gasteiger partial charge in [-0.05, 0) is 43.0 Å². The summed E-state index contributed by atoms with van der Waals surface area (Å²) in [6.45, 7) is 0. The molecule has 1 aliphatic rings. The number of carbonyl (C=O) groups excluding carboxylic acids is 1. The van der Waals surface area contributed by atoms with Crippen LogP contribution in [0.15, 0.2) is 54.9 Å². The molecule has 1 fully saturated rings. The normalized spacial score (nSPS) is 16.8. The quantitative estimate of drug-likeness (QED) is 0.491. The van der Waals surface area contributed by atoms with E-state index in [9.17, 15) is 23.1 Å². The monoisotopic (exact) mass is 443 g/mol. The van der Waals surface area contributed by atoms with Crippen LogP contribution in [0.4, 0.5) is 18.0 Å². The zero-order valence-corrected chi connectivity index (χ0v) is 17.1. The Balaban J connectivity index is 1.62. The van der Waals surface area contributed by atoms with Gasteiger partial charge in [0.05, 0.1) is 11.7 Å². The van der Waals surface area contributed by atoms with E-state index in [0.717, 1.165) is 23.9 Å². The van der Waals surface area contributed by atoms with Gasteiger partial charge < -0.3 is 14.4 Å². The zero-order valence-electron chi connectivity index (χ0n) is 17.1. The maximum absolute atomic E-state index is 14.4. The molecule has 0 amide bonds. The number of aliphatic hydroxyl groups is 1. The Morgan fingerprint density at radius 2 is 1.91 bits per heavy atom. The van der Waals surface area contributed by atoms with Crippen molar-refractivity contribution in [3.05, 3.63) is 66.0 Å². The number of fused-ring (bicyclic) bond motifs is 2. The van der Waals surface area contributed by atoms with Crippen molar-refractivity contribution in [2.75, 3.05) is 0 Å². The van der Waals surface area contributed by atoms with Crippen LogP contribution in [0, 0.1) is 0 Å². The fraction of sp³-hybridized carbons (Fsp3) is 0.304. The van der Waals surface area contributed by atoms with Crippen LogP contribution in [0.5, 0.6) is 0 Å². The number of nitrogens with zero attached hydrogens (tertiary/aromatic N) is 3. The fourth-order valence-electron chi connectivity index (χ4n) is 4.19. The Morgan fingerprint density at radius 3 is 2.59 bits per heavy atom. The second-order valence-electron chi connectivity index (χ2n) is 8.15. The van der Waals surface area contributed by atoms with E-state index in [4.69, 9.17) is 4.74 Å². The SMILES string of the molecule is Cn1cc(C(O)(c2ccc3c(cnn3C(=O)OC3CCC3)c2)C(F)(F)F)c2ccccc21. The molecule has 0 spiro atoms. The second kappa shape index (κ2) is 7.09. The maximum atomic E-state index is 14.4. The van der Waals surface area contributed by atoms with Gasteiger partial charge in [0.2, 0.25) is 5.60 Å². The van der Waals surface area contributed by atoms with Crippen LogP contribution < -0.4 is 0 Å². The summed E-state index contributed by atoms with van der Waals surface area (Å²) in [6.07, 6.45) is -0.657. The Bertz CT molecular complexity index is 1340. The number of ether oxygens (including phenoxy) is 1. The number of halogens is 3. The van der Waals surface area contributed by atoms with Crippen LogP contribution in [0.2, 0.25) is 0 Å². The number of aromatic nitrogens is 3. The Hall–Kier alpha value is -3.33. The van der Waals surface area contributed by atoms with Gasteiger partial charge in [0.15, 0.2) is 0 Å². The van der Waals surface area contributed by atoms with Gasteiger partial charge in [-0.1, -0.05) is 24.3 Å². The molecule has 5 rings (SSSR count). The van der Waals surface area contributed by atoms with E-state index in [1.807, 2.05) is 0 Å². The minimum Gasteiger partial charge on any atom is -0.445 e. The first-order valence-corrected chi connectivity index (χ1v) is 10.2. The summed E-state index contributed by atoms with van der Waals surface area (Å²) in [7, 11) is 1.63. The molecule has 166 valence electrons. The predicted octanol–water partition coefficient (Wildman–Crippen LogP) is 4.86. The molecule has 1 N–H and O–H groups in total. The third-order valence-electron chi connectivity index (χ3n) is 6.18. The predicted molar refractivity (Wildman–Crippen MR) is 111 cm³/mol. The number of alkyl halides is 3. The molecule has 9 heteroatoms. The molecule has 6 nitrogen and oxygen atoms in total. The van der Waals surface area contributed by atoms with Gasteiger partial charge in [-0.25, -0.2) is 4.79 Å². The molecule has 0 bridgehead atoms. The number of aryl methyl sites for hydroxylation is 1. The summed E-state index contributed by atoms with van der Waals surface area (Å²) in [5.74, 6) is 0. The number of rotatable bonds is 3. The first-order valence-electron chi connectivity index (χ1n) is 10.2. The maximum Gasteiger partial charge on any atom is 0.435 e. The lowest BCUT2D eigenvalue weighted by Gasteiger charge is -2.31. The standard InChI is InChI=1S/C23H20F3N3O3/c1-28-13-18(17-7-2-3-8-20(17)28)22(31,23(24,25)26)15-9-10-19-14(11-15)12-27-29(19)21(30)32-16-5-4-6-16/h2-3,7-13,16,31H,4-6H2,1H3. The molecule has 1 saturated carbocycles. The van der Waals surface area contributed by atoms with Gasteiger partial charge in [-0.3, -0.25) is 0 Å². The van der Waals surface area contributed by atoms with Gasteiger partial charge >= 0.3 is 12.3 Å². The minimum absolute atomic E-state index is 0.150. The zero-order chi connectivity index (χ0) is 22.7. The summed E-state index contributed by atoms with van der Waals surface area (Å²) in [5, 5.41) is 15.8. The topological polar surface area (TPSA) is 69.3 Å². The second-order valence-corrected chi connectivity index (χ2v) is 8.15. The Kier molecular flexibility index (Phi) is 4.56. The first-order chi connectivity index (χ1) is 15.2. The molecule has 2 aromatic carbocycles. The Labute approximate surface area is 180 Å². The van der Waals surface area contributed by atoms with Crippen LogP contribution in [0.1, 0.15) is 30.4 Å². The fourth-order valence-corrected chi connectivity index (χ4v) is 4.19. The van der Waals surface area contributed by atoms with Crippen molar-refractivity contribution in [3.63, 3.8) is 0 Å². The van der Waals surface area contributed by atoms with Gasteiger partial charge in [0.25, 0.3) is 0 Å². The molecule has 1 unspecified atom stereocenters. The molecule has 2 aromatic heterocycles. The van der Waals surface area contributed by atoms with Crippen LogP contribution in [0.25, 0.3) is 21.8 Å². The average Bonchev–Trinajstić information content (AvgIpc) is 3.30. The first kappa shape index (κ1) is 20.6. The number of para-hydroxylation sites is 1. The number of hydrogen-bond donors (Lipinski definition) is 1. The van der Waals surface area contributed by atoms with Crippen molar-refractivity contribution < 1.29 is 27.8 Å². The van der Waals surface area contributed by atoms with Crippen molar-refractivity contribution in [3.8, 4) is 0 Å². The highest BCUT2D eigenvalue weighted by Crippen LogP contribution is 2.47. The summed E-state index contributed by atoms with van der Waals surface area (Å²) in [5.41, 5.74) is -3.00. The molecule has 4 aromatic rings. The van der Waals surface area contributed by atoms with Crippen molar-refractivity contribution in [2.45, 2.75) is 37.1 Å². The van der Waals surface area contributed by atoms with Crippen LogP contribution in [-0.2, 0) is 17.4 Å². The lowest BCUT2D eigenvalue weighted by atomic mass is 9.85. The van der Waals surface area contributed by atoms with Gasteiger partial charge in [0, 0.05) is 35.1 Å². The molecular weight excluding hydrogens is 423 g/mol. The minimum atomic E-state index is -5.00. The van der Waals surface area contributed by atoms with Crippen LogP contribution in [0.3, 0.4) is 0 Å². The summed E-state index contributed by atoms with van der Waals surface area (Å²) < 4.78 is 51.1. The van der Waals surface area contributed by atoms with Crippen molar-refractivity contribution >= 4 is 27.9 Å². The van der Waals surface area contributed by atoms with E-state index in [2.05, 4.69) is 5.10 Å². The van der Waals surface area contributed by atoms with E-state index >= 15 is 0 Å². The molecule has 1 atom stereocenters. The van der Waals surface area contributed by atoms with E-state index in [-0.39, 0.29) is 22.6 Å². The highest BCUT2D eigenvalue weighted by Gasteiger charge is 2.57.